The van der Waals surface area contributed by atoms with Gasteiger partial charge in [-0.1, -0.05) is 0 Å². The zero-order valence-corrected chi connectivity index (χ0v) is 13.7. The lowest BCUT2D eigenvalue weighted by atomic mass is 10.0. The van der Waals surface area contributed by atoms with Crippen molar-refractivity contribution in [1.29, 1.82) is 0 Å². The van der Waals surface area contributed by atoms with E-state index in [0.717, 1.165) is 41.3 Å². The number of nitrogens with two attached hydrogens (primary N) is 1. The fourth-order valence-corrected chi connectivity index (χ4v) is 3.25. The fraction of sp³-hybridized carbons (Fsp3) is 0.500. The van der Waals surface area contributed by atoms with Gasteiger partial charge in [-0.2, -0.15) is 0 Å². The molecular formula is C16H24N3O4+. The van der Waals surface area contributed by atoms with E-state index in [0.29, 0.717) is 0 Å². The molecule has 1 aliphatic rings. The smallest absolute Gasteiger partial charge is 0.319 e. The summed E-state index contributed by atoms with van der Waals surface area (Å²) >= 11 is 0. The number of primary amides is 1. The minimum absolute atomic E-state index is 0.129. The van der Waals surface area contributed by atoms with Gasteiger partial charge in [0.1, 0.15) is 17.5 Å². The van der Waals surface area contributed by atoms with Crippen LogP contribution in [-0.2, 0) is 4.79 Å². The van der Waals surface area contributed by atoms with Gasteiger partial charge in [0, 0.05) is 18.9 Å². The summed E-state index contributed by atoms with van der Waals surface area (Å²) in [6, 6.07) is 4.65. The van der Waals surface area contributed by atoms with Crippen LogP contribution >= 0.6 is 0 Å². The minimum Gasteiger partial charge on any atom is -0.497 e. The van der Waals surface area contributed by atoms with E-state index in [4.69, 9.17) is 15.2 Å². The van der Waals surface area contributed by atoms with Gasteiger partial charge < -0.3 is 20.1 Å². The van der Waals surface area contributed by atoms with Crippen LogP contribution in [0.4, 0.5) is 4.79 Å². The van der Waals surface area contributed by atoms with Crippen LogP contribution in [0.2, 0.25) is 0 Å². The summed E-state index contributed by atoms with van der Waals surface area (Å²) in [5, 5.41) is 2.17. The van der Waals surface area contributed by atoms with E-state index >= 15 is 0 Å². The van der Waals surface area contributed by atoms with Crippen LogP contribution in [0.3, 0.4) is 0 Å². The second-order valence-electron chi connectivity index (χ2n) is 5.70. The van der Waals surface area contributed by atoms with Crippen LogP contribution in [-0.4, -0.2) is 38.7 Å². The van der Waals surface area contributed by atoms with Gasteiger partial charge in [-0.3, -0.25) is 10.1 Å². The van der Waals surface area contributed by atoms with Crippen LogP contribution in [0.1, 0.15) is 31.4 Å². The van der Waals surface area contributed by atoms with E-state index in [1.807, 2.05) is 25.1 Å². The van der Waals surface area contributed by atoms with Gasteiger partial charge in [0.2, 0.25) is 0 Å². The van der Waals surface area contributed by atoms with Crippen molar-refractivity contribution in [2.45, 2.75) is 31.8 Å². The summed E-state index contributed by atoms with van der Waals surface area (Å²) in [5.41, 5.74) is 6.08. The highest BCUT2D eigenvalue weighted by atomic mass is 16.5. The molecular weight excluding hydrogens is 298 g/mol. The highest BCUT2D eigenvalue weighted by Crippen LogP contribution is 2.31. The Balaban J connectivity index is 2.24. The Hall–Kier alpha value is -2.28. The van der Waals surface area contributed by atoms with Crippen LogP contribution < -0.4 is 25.4 Å². The van der Waals surface area contributed by atoms with Crippen LogP contribution in [0.25, 0.3) is 0 Å². The van der Waals surface area contributed by atoms with Gasteiger partial charge in [-0.15, -0.1) is 0 Å². The predicted octanol–water partition coefficient (Wildman–Crippen LogP) is 0.00700. The molecule has 1 unspecified atom stereocenters. The number of rotatable bonds is 5. The Bertz CT molecular complexity index is 591. The fourth-order valence-electron chi connectivity index (χ4n) is 3.25. The molecule has 1 aromatic rings. The maximum atomic E-state index is 12.1. The van der Waals surface area contributed by atoms with Gasteiger partial charge in [0.25, 0.3) is 5.91 Å². The molecule has 0 saturated carbocycles. The van der Waals surface area contributed by atoms with Crippen molar-refractivity contribution in [1.82, 2.24) is 5.32 Å². The number of hydrogen-bond acceptors (Lipinski definition) is 4. The number of quaternary nitrogens is 1. The van der Waals surface area contributed by atoms with Crippen molar-refractivity contribution >= 4 is 11.9 Å². The number of carbonyl (C=O) groups is 2. The second-order valence-corrected chi connectivity index (χ2v) is 5.70. The summed E-state index contributed by atoms with van der Waals surface area (Å²) in [7, 11) is 3.23. The Morgan fingerprint density at radius 3 is 2.70 bits per heavy atom. The molecule has 1 heterocycles. The summed E-state index contributed by atoms with van der Waals surface area (Å²) in [6.07, 6.45) is 1.95. The molecule has 3 atom stereocenters. The van der Waals surface area contributed by atoms with Gasteiger partial charge in [0.15, 0.2) is 6.04 Å². The second kappa shape index (κ2) is 7.32. The molecule has 0 spiro atoms. The maximum Gasteiger partial charge on any atom is 0.319 e. The number of likely N-dealkylation sites (tertiary alicyclic amines) is 1. The lowest BCUT2D eigenvalue weighted by Crippen LogP contribution is -3.15. The van der Waals surface area contributed by atoms with Crippen LogP contribution in [0.15, 0.2) is 18.2 Å². The molecule has 0 aromatic heterocycles. The molecule has 3 amide bonds. The summed E-state index contributed by atoms with van der Waals surface area (Å²) < 4.78 is 10.7. The van der Waals surface area contributed by atoms with Crippen molar-refractivity contribution in [2.24, 2.45) is 5.73 Å². The summed E-state index contributed by atoms with van der Waals surface area (Å²) in [4.78, 5) is 24.1. The molecule has 1 saturated heterocycles. The molecule has 1 aliphatic heterocycles. The van der Waals surface area contributed by atoms with E-state index in [-0.39, 0.29) is 18.0 Å². The summed E-state index contributed by atoms with van der Waals surface area (Å²) in [6.45, 7) is 2.66. The molecule has 0 aliphatic carbocycles. The molecule has 126 valence electrons. The topological polar surface area (TPSA) is 95.1 Å². The van der Waals surface area contributed by atoms with Crippen molar-refractivity contribution in [3.05, 3.63) is 23.8 Å². The lowest BCUT2D eigenvalue weighted by molar-refractivity contribution is -0.932. The molecule has 7 nitrogen and oxygen atoms in total. The first-order valence-corrected chi connectivity index (χ1v) is 7.65. The van der Waals surface area contributed by atoms with Crippen molar-refractivity contribution in [3.8, 4) is 11.5 Å². The van der Waals surface area contributed by atoms with Crippen molar-refractivity contribution in [3.63, 3.8) is 0 Å². The molecule has 23 heavy (non-hydrogen) atoms. The number of benzene rings is 1. The number of carbonyl (C=O) groups excluding carboxylic acids is 2. The quantitative estimate of drug-likeness (QED) is 0.711. The number of urea groups is 1. The highest BCUT2D eigenvalue weighted by molar-refractivity contribution is 5.95. The molecule has 1 fully saturated rings. The number of ether oxygens (including phenoxy) is 2. The zero-order valence-electron chi connectivity index (χ0n) is 13.7. The largest absolute Gasteiger partial charge is 0.497 e. The molecule has 1 aromatic carbocycles. The molecule has 7 heteroatoms. The van der Waals surface area contributed by atoms with E-state index < -0.39 is 6.03 Å². The van der Waals surface area contributed by atoms with Gasteiger partial charge >= 0.3 is 6.03 Å². The monoisotopic (exact) mass is 322 g/mol. The molecule has 2 rings (SSSR count). The number of nitrogens with one attached hydrogen (secondary N) is 2. The highest BCUT2D eigenvalue weighted by Gasteiger charge is 2.38. The Morgan fingerprint density at radius 1 is 1.35 bits per heavy atom. The standard InChI is InChI=1S/C16H23N3O4/c1-10(15(20)18-16(17)21)19-8-4-5-13(19)12-7-6-11(22-2)9-14(12)23-3/h6-7,9-10,13H,4-5,8H2,1-3H3,(H3,17,18,20,21)/p+1/t10-,13-/m1/s1. The third-order valence-corrected chi connectivity index (χ3v) is 4.42. The van der Waals surface area contributed by atoms with E-state index in [1.165, 1.54) is 0 Å². The first-order chi connectivity index (χ1) is 11.0. The van der Waals surface area contributed by atoms with Crippen LogP contribution in [0.5, 0.6) is 11.5 Å². The van der Waals surface area contributed by atoms with Crippen LogP contribution in [0, 0.1) is 0 Å². The zero-order chi connectivity index (χ0) is 17.0. The van der Waals surface area contributed by atoms with Crippen molar-refractivity contribution < 1.29 is 24.0 Å². The number of imide groups is 1. The van der Waals surface area contributed by atoms with Gasteiger partial charge in [-0.05, 0) is 19.1 Å². The Morgan fingerprint density at radius 2 is 2.09 bits per heavy atom. The van der Waals surface area contributed by atoms with Gasteiger partial charge in [0.05, 0.1) is 26.3 Å². The normalized spacial score (nSPS) is 21.5. The lowest BCUT2D eigenvalue weighted by Gasteiger charge is -2.27. The van der Waals surface area contributed by atoms with E-state index in [2.05, 4.69) is 5.32 Å². The first-order valence-electron chi connectivity index (χ1n) is 7.65. The Labute approximate surface area is 135 Å². The number of hydrogen-bond donors (Lipinski definition) is 3. The maximum absolute atomic E-state index is 12.1. The Kier molecular flexibility index (Phi) is 5.44. The van der Waals surface area contributed by atoms with Crippen molar-refractivity contribution in [2.75, 3.05) is 20.8 Å². The predicted molar refractivity (Wildman–Crippen MR) is 84.5 cm³/mol. The molecule has 0 radical (unpaired) electrons. The number of amides is 3. The van der Waals surface area contributed by atoms with E-state index in [1.54, 1.807) is 14.2 Å². The van der Waals surface area contributed by atoms with E-state index in [9.17, 15) is 9.59 Å². The average molecular weight is 322 g/mol. The molecule has 0 bridgehead atoms. The van der Waals surface area contributed by atoms with Gasteiger partial charge in [-0.25, -0.2) is 4.79 Å². The SMILES string of the molecule is COc1ccc([C@H]2CCC[NH+]2[C@H](C)C(=O)NC(N)=O)c(OC)c1. The first kappa shape index (κ1) is 17.1. The number of methoxy groups -OCH3 is 2. The minimum atomic E-state index is -0.820. The average Bonchev–Trinajstić information content (AvgIpc) is 3.01. The molecule has 4 N–H and O–H groups in total. The summed E-state index contributed by atoms with van der Waals surface area (Å²) in [5.74, 6) is 1.12. The third kappa shape index (κ3) is 3.73. The third-order valence-electron chi connectivity index (χ3n) is 4.42.